The Morgan fingerprint density at radius 3 is 2.29 bits per heavy atom. The van der Waals surface area contributed by atoms with Crippen molar-refractivity contribution in [1.82, 2.24) is 0 Å². The van der Waals surface area contributed by atoms with E-state index in [-0.39, 0.29) is 26.2 Å². The fraction of sp³-hybridized carbons (Fsp3) is 0.147. The third-order valence-electron chi connectivity index (χ3n) is 8.00. The standard InChI is InChI=1S/C34H27FNOSe/c1-20-12-14-22-23-15-17-26(35)31(33(23)37-32(22)30(20)27-10-7-8-18-36(27)4)21-13-16-25-29(19-21)38-28-11-6-5-9-24(28)34(25,2)3/h5-19H,1-4H3/q+1. The molecule has 1 aliphatic heterocycles. The summed E-state index contributed by atoms with van der Waals surface area (Å²) in [5.74, 6) is -0.261. The SMILES string of the molecule is Cc1ccc2c(oc3c(-c4ccc5c(c4)[Se]c4ccccc4C5(C)C)c(F)ccc32)c1-c1cccc[n+]1C. The molecule has 2 nitrogen and oxygen atoms in total. The molecule has 1 aliphatic rings. The molecule has 0 saturated carbocycles. The van der Waals surface area contributed by atoms with Gasteiger partial charge < -0.3 is 0 Å². The van der Waals surface area contributed by atoms with E-state index in [1.54, 1.807) is 6.07 Å². The first-order chi connectivity index (χ1) is 18.3. The molecule has 0 atom stereocenters. The van der Waals surface area contributed by atoms with E-state index in [4.69, 9.17) is 4.42 Å². The molecular formula is C34H27FNOSe+. The molecule has 0 unspecified atom stereocenters. The minimum absolute atomic E-state index is 0.0913. The quantitative estimate of drug-likeness (QED) is 0.174. The molecule has 38 heavy (non-hydrogen) atoms. The number of rotatable bonds is 2. The summed E-state index contributed by atoms with van der Waals surface area (Å²) < 4.78 is 27.1. The summed E-state index contributed by atoms with van der Waals surface area (Å²) in [6.45, 7) is 6.67. The van der Waals surface area contributed by atoms with Gasteiger partial charge in [0.05, 0.1) is 0 Å². The number of fused-ring (bicyclic) bond motifs is 5. The Morgan fingerprint density at radius 2 is 1.47 bits per heavy atom. The number of nitrogens with zero attached hydrogens (tertiary/aromatic N) is 1. The summed E-state index contributed by atoms with van der Waals surface area (Å²) in [4.78, 5) is 0. The fourth-order valence-electron chi connectivity index (χ4n) is 5.96. The Hall–Kier alpha value is -3.72. The molecule has 0 saturated heterocycles. The summed E-state index contributed by atoms with van der Waals surface area (Å²) in [5.41, 5.74) is 8.66. The van der Waals surface area contributed by atoms with Crippen molar-refractivity contribution >= 4 is 45.8 Å². The second-order valence-electron chi connectivity index (χ2n) is 10.7. The molecule has 3 heterocycles. The average molecular weight is 564 g/mol. The van der Waals surface area contributed by atoms with Gasteiger partial charge in [-0.3, -0.25) is 0 Å². The van der Waals surface area contributed by atoms with Crippen LogP contribution in [0.3, 0.4) is 0 Å². The van der Waals surface area contributed by atoms with Crippen molar-refractivity contribution in [2.24, 2.45) is 7.05 Å². The number of benzene rings is 4. The van der Waals surface area contributed by atoms with E-state index in [2.05, 4.69) is 86.0 Å². The first-order valence-corrected chi connectivity index (χ1v) is 14.6. The molecule has 0 bridgehead atoms. The van der Waals surface area contributed by atoms with Crippen molar-refractivity contribution in [3.63, 3.8) is 0 Å². The molecule has 7 rings (SSSR count). The van der Waals surface area contributed by atoms with Crippen molar-refractivity contribution in [2.75, 3.05) is 0 Å². The van der Waals surface area contributed by atoms with Gasteiger partial charge in [-0.2, -0.15) is 0 Å². The van der Waals surface area contributed by atoms with E-state index in [1.165, 1.54) is 20.1 Å². The van der Waals surface area contributed by atoms with Crippen molar-refractivity contribution < 1.29 is 13.4 Å². The van der Waals surface area contributed by atoms with E-state index in [1.807, 2.05) is 31.4 Å². The molecule has 0 N–H and O–H groups in total. The molecule has 4 heteroatoms. The van der Waals surface area contributed by atoms with Crippen LogP contribution < -0.4 is 13.5 Å². The van der Waals surface area contributed by atoms with Gasteiger partial charge in [0.25, 0.3) is 0 Å². The predicted molar refractivity (Wildman–Crippen MR) is 154 cm³/mol. The summed E-state index contributed by atoms with van der Waals surface area (Å²) in [7, 11) is 2.04. The Balaban J connectivity index is 1.47. The Kier molecular flexibility index (Phi) is 5.17. The predicted octanol–water partition coefficient (Wildman–Crippen LogP) is 6.49. The topological polar surface area (TPSA) is 17.0 Å². The molecule has 0 aliphatic carbocycles. The van der Waals surface area contributed by atoms with E-state index in [0.717, 1.165) is 38.7 Å². The van der Waals surface area contributed by atoms with Crippen molar-refractivity contribution in [3.05, 3.63) is 114 Å². The van der Waals surface area contributed by atoms with Gasteiger partial charge in [-0.1, -0.05) is 0 Å². The van der Waals surface area contributed by atoms with Gasteiger partial charge in [0.1, 0.15) is 0 Å². The molecule has 186 valence electrons. The van der Waals surface area contributed by atoms with Crippen LogP contribution >= 0.6 is 0 Å². The molecule has 6 aromatic rings. The monoisotopic (exact) mass is 564 g/mol. The first kappa shape index (κ1) is 23.4. The Bertz CT molecular complexity index is 1920. The van der Waals surface area contributed by atoms with E-state index in [9.17, 15) is 0 Å². The molecular weight excluding hydrogens is 536 g/mol. The maximum absolute atomic E-state index is 15.7. The number of pyridine rings is 1. The molecule has 0 spiro atoms. The summed E-state index contributed by atoms with van der Waals surface area (Å²) in [6.07, 6.45) is 2.04. The number of aryl methyl sites for hydroxylation is 2. The van der Waals surface area contributed by atoms with Gasteiger partial charge in [-0.15, -0.1) is 0 Å². The molecule has 4 aromatic carbocycles. The van der Waals surface area contributed by atoms with Crippen LogP contribution in [-0.2, 0) is 12.5 Å². The van der Waals surface area contributed by atoms with E-state index >= 15 is 4.39 Å². The second kappa shape index (κ2) is 8.39. The fourth-order valence-corrected chi connectivity index (χ4v) is 8.97. The van der Waals surface area contributed by atoms with Gasteiger partial charge in [0, 0.05) is 0 Å². The normalized spacial score (nSPS) is 14.0. The first-order valence-electron chi connectivity index (χ1n) is 12.9. The Morgan fingerprint density at radius 1 is 0.763 bits per heavy atom. The van der Waals surface area contributed by atoms with E-state index < -0.39 is 0 Å². The Labute approximate surface area is 227 Å². The van der Waals surface area contributed by atoms with Crippen molar-refractivity contribution in [3.8, 4) is 22.4 Å². The second-order valence-corrected chi connectivity index (χ2v) is 12.9. The molecule has 0 amide bonds. The molecule has 0 fully saturated rings. The summed E-state index contributed by atoms with van der Waals surface area (Å²) in [6, 6.07) is 29.0. The van der Waals surface area contributed by atoms with Crippen LogP contribution in [0.1, 0.15) is 30.5 Å². The minimum atomic E-state index is -0.261. The zero-order valence-corrected chi connectivity index (χ0v) is 23.5. The van der Waals surface area contributed by atoms with Gasteiger partial charge >= 0.3 is 228 Å². The van der Waals surface area contributed by atoms with E-state index in [0.29, 0.717) is 11.1 Å². The summed E-state index contributed by atoms with van der Waals surface area (Å²) >= 11 is 0.155. The number of furan rings is 1. The number of aromatic nitrogens is 1. The van der Waals surface area contributed by atoms with Crippen LogP contribution in [0.4, 0.5) is 4.39 Å². The van der Waals surface area contributed by atoms with Gasteiger partial charge in [-0.05, 0) is 0 Å². The maximum atomic E-state index is 15.7. The average Bonchev–Trinajstić information content (AvgIpc) is 3.27. The van der Waals surface area contributed by atoms with Crippen LogP contribution in [-0.4, -0.2) is 15.0 Å². The van der Waals surface area contributed by atoms with Crippen molar-refractivity contribution in [2.45, 2.75) is 26.2 Å². The van der Waals surface area contributed by atoms with Crippen LogP contribution in [0.15, 0.2) is 95.5 Å². The van der Waals surface area contributed by atoms with Crippen LogP contribution in [0.2, 0.25) is 0 Å². The van der Waals surface area contributed by atoms with Gasteiger partial charge in [-0.25, -0.2) is 0 Å². The van der Waals surface area contributed by atoms with Crippen molar-refractivity contribution in [1.29, 1.82) is 0 Å². The third kappa shape index (κ3) is 3.34. The summed E-state index contributed by atoms with van der Waals surface area (Å²) in [5, 5.41) is 1.94. The van der Waals surface area contributed by atoms with Crippen LogP contribution in [0.5, 0.6) is 0 Å². The zero-order valence-electron chi connectivity index (χ0n) is 21.8. The third-order valence-corrected chi connectivity index (χ3v) is 10.4. The molecule has 0 radical (unpaired) electrons. The number of hydrogen-bond acceptors (Lipinski definition) is 1. The van der Waals surface area contributed by atoms with Crippen LogP contribution in [0, 0.1) is 12.7 Å². The van der Waals surface area contributed by atoms with Gasteiger partial charge in [0.15, 0.2) is 0 Å². The number of halogens is 1. The molecule has 2 aromatic heterocycles. The van der Waals surface area contributed by atoms with Gasteiger partial charge in [0.2, 0.25) is 0 Å². The van der Waals surface area contributed by atoms with Crippen LogP contribution in [0.25, 0.3) is 44.3 Å². The number of hydrogen-bond donors (Lipinski definition) is 0. The zero-order chi connectivity index (χ0) is 26.2.